The van der Waals surface area contributed by atoms with E-state index in [1.807, 2.05) is 12.1 Å². The van der Waals surface area contributed by atoms with Crippen molar-refractivity contribution in [2.45, 2.75) is 44.7 Å². The fourth-order valence-corrected chi connectivity index (χ4v) is 3.79. The van der Waals surface area contributed by atoms with Crippen LogP contribution < -0.4 is 4.90 Å². The maximum absolute atomic E-state index is 12.5. The zero-order chi connectivity index (χ0) is 17.9. The zero-order valence-electron chi connectivity index (χ0n) is 14.3. The number of pyridine rings is 1. The molecular formula is C18H24F3N3O. The largest absolute Gasteiger partial charge is 0.389 e. The monoisotopic (exact) mass is 355 g/mol. The maximum Gasteiger partial charge on any atom is 0.389 e. The lowest BCUT2D eigenvalue weighted by Gasteiger charge is -2.28. The number of aromatic nitrogens is 1. The summed E-state index contributed by atoms with van der Waals surface area (Å²) in [5.41, 5.74) is 0.997. The van der Waals surface area contributed by atoms with Gasteiger partial charge in [-0.3, -0.25) is 9.69 Å². The van der Waals surface area contributed by atoms with Gasteiger partial charge in [0, 0.05) is 38.7 Å². The Morgan fingerprint density at radius 3 is 2.84 bits per heavy atom. The van der Waals surface area contributed by atoms with Crippen molar-refractivity contribution >= 4 is 11.7 Å². The number of halogens is 3. The molecule has 1 aromatic heterocycles. The third kappa shape index (κ3) is 4.93. The van der Waals surface area contributed by atoms with Gasteiger partial charge < -0.3 is 4.90 Å². The number of piperidine rings is 1. The highest BCUT2D eigenvalue weighted by Gasteiger charge is 2.35. The van der Waals surface area contributed by atoms with Crippen LogP contribution in [0.4, 0.5) is 19.0 Å². The summed E-state index contributed by atoms with van der Waals surface area (Å²) in [4.78, 5) is 20.4. The van der Waals surface area contributed by atoms with Gasteiger partial charge >= 0.3 is 6.18 Å². The molecule has 1 aromatic rings. The van der Waals surface area contributed by atoms with Crippen LogP contribution in [0, 0.1) is 5.92 Å². The Bertz CT molecular complexity index is 605. The fourth-order valence-electron chi connectivity index (χ4n) is 3.79. The van der Waals surface area contributed by atoms with E-state index in [0.717, 1.165) is 24.2 Å². The second-order valence-corrected chi connectivity index (χ2v) is 7.01. The van der Waals surface area contributed by atoms with Crippen molar-refractivity contribution in [3.05, 3.63) is 23.9 Å². The molecule has 3 heterocycles. The molecule has 1 atom stereocenters. The topological polar surface area (TPSA) is 36.4 Å². The summed E-state index contributed by atoms with van der Waals surface area (Å²) in [6.45, 7) is 2.60. The average Bonchev–Trinajstić information content (AvgIpc) is 2.99. The molecule has 2 aliphatic rings. The van der Waals surface area contributed by atoms with Gasteiger partial charge in [0.2, 0.25) is 5.91 Å². The fraction of sp³-hybridized carbons (Fsp3) is 0.667. The molecule has 0 aliphatic carbocycles. The van der Waals surface area contributed by atoms with Crippen molar-refractivity contribution in [2.75, 3.05) is 31.1 Å². The molecule has 1 amide bonds. The summed E-state index contributed by atoms with van der Waals surface area (Å²) in [6.07, 6.45) is 0.682. The number of anilines is 1. The molecule has 2 aliphatic heterocycles. The number of hydrogen-bond donors (Lipinski definition) is 0. The molecule has 0 radical (unpaired) electrons. The second kappa shape index (κ2) is 7.72. The maximum atomic E-state index is 12.5. The minimum atomic E-state index is -4.08. The third-order valence-corrected chi connectivity index (χ3v) is 5.03. The SMILES string of the molecule is O=C1CCCCN1c1ncccc1CCN1CC[C@@H](CC(F)(F)F)C1. The number of rotatable bonds is 5. The minimum absolute atomic E-state index is 0.109. The van der Waals surface area contributed by atoms with Crippen LogP contribution in [0.3, 0.4) is 0 Å². The first kappa shape index (κ1) is 18.2. The summed E-state index contributed by atoms with van der Waals surface area (Å²) in [6, 6.07) is 3.82. The third-order valence-electron chi connectivity index (χ3n) is 5.03. The van der Waals surface area contributed by atoms with Crippen molar-refractivity contribution in [3.8, 4) is 0 Å². The molecule has 7 heteroatoms. The molecule has 138 valence electrons. The first-order chi connectivity index (χ1) is 11.9. The first-order valence-corrected chi connectivity index (χ1v) is 8.96. The van der Waals surface area contributed by atoms with E-state index >= 15 is 0 Å². The van der Waals surface area contributed by atoms with Gasteiger partial charge in [-0.2, -0.15) is 13.2 Å². The molecule has 0 saturated carbocycles. The minimum Gasteiger partial charge on any atom is -0.303 e. The molecule has 0 unspecified atom stereocenters. The Balaban J connectivity index is 1.58. The quantitative estimate of drug-likeness (QED) is 0.812. The lowest BCUT2D eigenvalue weighted by molar-refractivity contribution is -0.143. The standard InChI is InChI=1S/C18H24F3N3O/c19-18(20,21)12-14-6-10-23(13-14)11-7-15-4-3-8-22-17(15)24-9-2-1-5-16(24)25/h3-4,8,14H,1-2,5-7,9-13H2/t14-/m0/s1. The highest BCUT2D eigenvalue weighted by molar-refractivity contribution is 5.93. The second-order valence-electron chi connectivity index (χ2n) is 7.01. The Kier molecular flexibility index (Phi) is 5.61. The molecular weight excluding hydrogens is 331 g/mol. The lowest BCUT2D eigenvalue weighted by Crippen LogP contribution is -2.36. The zero-order valence-corrected chi connectivity index (χ0v) is 14.3. The smallest absolute Gasteiger partial charge is 0.303 e. The Morgan fingerprint density at radius 1 is 1.24 bits per heavy atom. The van der Waals surface area contributed by atoms with Gasteiger partial charge in [-0.1, -0.05) is 6.07 Å². The average molecular weight is 355 g/mol. The van der Waals surface area contributed by atoms with E-state index in [4.69, 9.17) is 0 Å². The number of carbonyl (C=O) groups is 1. The summed E-state index contributed by atoms with van der Waals surface area (Å²) >= 11 is 0. The molecule has 3 rings (SSSR count). The molecule has 2 saturated heterocycles. The summed E-state index contributed by atoms with van der Waals surface area (Å²) in [7, 11) is 0. The Labute approximate surface area is 146 Å². The van der Waals surface area contributed by atoms with Gasteiger partial charge in [-0.25, -0.2) is 4.98 Å². The molecule has 0 aromatic carbocycles. The van der Waals surface area contributed by atoms with Gasteiger partial charge in [-0.15, -0.1) is 0 Å². The van der Waals surface area contributed by atoms with Crippen LogP contribution in [0.1, 0.15) is 37.7 Å². The molecule has 0 spiro atoms. The number of carbonyl (C=O) groups excluding carboxylic acids is 1. The highest BCUT2D eigenvalue weighted by atomic mass is 19.4. The summed E-state index contributed by atoms with van der Waals surface area (Å²) in [5, 5.41) is 0. The molecule has 0 bridgehead atoms. The van der Waals surface area contributed by atoms with Crippen molar-refractivity contribution < 1.29 is 18.0 Å². The van der Waals surface area contributed by atoms with Gasteiger partial charge in [0.25, 0.3) is 0 Å². The number of nitrogens with zero attached hydrogens (tertiary/aromatic N) is 3. The first-order valence-electron chi connectivity index (χ1n) is 8.96. The van der Waals surface area contributed by atoms with E-state index in [1.54, 1.807) is 11.1 Å². The van der Waals surface area contributed by atoms with Crippen LogP contribution in [-0.2, 0) is 11.2 Å². The van der Waals surface area contributed by atoms with Crippen LogP contribution in [0.2, 0.25) is 0 Å². The predicted octanol–water partition coefficient (Wildman–Crippen LogP) is 3.42. The Morgan fingerprint density at radius 2 is 2.08 bits per heavy atom. The lowest BCUT2D eigenvalue weighted by atomic mass is 10.1. The number of hydrogen-bond acceptors (Lipinski definition) is 3. The van der Waals surface area contributed by atoms with Crippen LogP contribution in [0.25, 0.3) is 0 Å². The number of amides is 1. The van der Waals surface area contributed by atoms with Crippen LogP contribution in [-0.4, -0.2) is 48.1 Å². The molecule has 2 fully saturated rings. The van der Waals surface area contributed by atoms with E-state index < -0.39 is 12.6 Å². The van der Waals surface area contributed by atoms with Crippen molar-refractivity contribution in [1.29, 1.82) is 0 Å². The van der Waals surface area contributed by atoms with E-state index in [1.165, 1.54) is 0 Å². The highest BCUT2D eigenvalue weighted by Crippen LogP contribution is 2.30. The van der Waals surface area contributed by atoms with Gasteiger partial charge in [0.15, 0.2) is 0 Å². The summed E-state index contributed by atoms with van der Waals surface area (Å²) < 4.78 is 37.5. The van der Waals surface area contributed by atoms with Gasteiger partial charge in [0.1, 0.15) is 5.82 Å². The van der Waals surface area contributed by atoms with E-state index in [2.05, 4.69) is 9.88 Å². The van der Waals surface area contributed by atoms with Gasteiger partial charge in [0.05, 0.1) is 0 Å². The van der Waals surface area contributed by atoms with E-state index in [9.17, 15) is 18.0 Å². The molecule has 0 N–H and O–H groups in total. The van der Waals surface area contributed by atoms with Crippen LogP contribution in [0.5, 0.6) is 0 Å². The van der Waals surface area contributed by atoms with E-state index in [-0.39, 0.29) is 11.8 Å². The van der Waals surface area contributed by atoms with E-state index in [0.29, 0.717) is 45.4 Å². The normalized spacial score (nSPS) is 22.6. The van der Waals surface area contributed by atoms with Crippen molar-refractivity contribution in [3.63, 3.8) is 0 Å². The molecule has 25 heavy (non-hydrogen) atoms. The van der Waals surface area contributed by atoms with Gasteiger partial charge in [-0.05, 0) is 49.8 Å². The summed E-state index contributed by atoms with van der Waals surface area (Å²) in [5.74, 6) is 0.535. The van der Waals surface area contributed by atoms with Crippen molar-refractivity contribution in [2.24, 2.45) is 5.92 Å². The van der Waals surface area contributed by atoms with Crippen LogP contribution >= 0.6 is 0 Å². The predicted molar refractivity (Wildman–Crippen MR) is 89.4 cm³/mol. The van der Waals surface area contributed by atoms with Crippen LogP contribution in [0.15, 0.2) is 18.3 Å². The molecule has 4 nitrogen and oxygen atoms in total. The Hall–Kier alpha value is -1.63. The number of alkyl halides is 3. The van der Waals surface area contributed by atoms with Crippen molar-refractivity contribution in [1.82, 2.24) is 9.88 Å². The number of likely N-dealkylation sites (tertiary alicyclic amines) is 1.